The largest absolute Gasteiger partial charge is 0.313 e. The fourth-order valence-electron chi connectivity index (χ4n) is 3.13. The Labute approximate surface area is 105 Å². The van der Waals surface area contributed by atoms with Crippen LogP contribution in [0.1, 0.15) is 57.8 Å². The first-order chi connectivity index (χ1) is 8.18. The van der Waals surface area contributed by atoms with Crippen molar-refractivity contribution in [2.45, 2.75) is 69.1 Å². The van der Waals surface area contributed by atoms with Crippen LogP contribution in [0.25, 0.3) is 0 Å². The van der Waals surface area contributed by atoms with Crippen molar-refractivity contribution in [1.29, 1.82) is 0 Å². The number of nitrogens with one attached hydrogen (secondary N) is 1. The summed E-state index contributed by atoms with van der Waals surface area (Å²) < 4.78 is 24.2. The highest BCUT2D eigenvalue weighted by molar-refractivity contribution is 7.92. The highest BCUT2D eigenvalue weighted by Gasteiger charge is 2.27. The Hall–Kier alpha value is -0.0900. The van der Waals surface area contributed by atoms with Gasteiger partial charge in [0, 0.05) is 12.6 Å². The Bertz CT molecular complexity index is 314. The molecule has 2 aliphatic carbocycles. The molecule has 2 aliphatic rings. The van der Waals surface area contributed by atoms with Crippen molar-refractivity contribution >= 4 is 9.84 Å². The van der Waals surface area contributed by atoms with Gasteiger partial charge in [-0.15, -0.1) is 0 Å². The van der Waals surface area contributed by atoms with Crippen LogP contribution in [0.5, 0.6) is 0 Å². The Morgan fingerprint density at radius 3 is 2.12 bits per heavy atom. The van der Waals surface area contributed by atoms with Gasteiger partial charge in [0.2, 0.25) is 0 Å². The second-order valence-electron chi connectivity index (χ2n) is 5.56. The third-order valence-corrected chi connectivity index (χ3v) is 6.50. The van der Waals surface area contributed by atoms with E-state index in [1.807, 2.05) is 0 Å². The molecule has 4 heteroatoms. The van der Waals surface area contributed by atoms with Gasteiger partial charge >= 0.3 is 0 Å². The summed E-state index contributed by atoms with van der Waals surface area (Å²) in [5.74, 6) is 0.341. The summed E-state index contributed by atoms with van der Waals surface area (Å²) in [5, 5.41) is 3.36. The molecule has 1 N–H and O–H groups in total. The number of hydrogen-bond donors (Lipinski definition) is 1. The molecule has 0 aromatic carbocycles. The molecule has 0 radical (unpaired) electrons. The van der Waals surface area contributed by atoms with E-state index >= 15 is 0 Å². The third-order valence-electron chi connectivity index (χ3n) is 4.23. The van der Waals surface area contributed by atoms with Crippen molar-refractivity contribution in [3.8, 4) is 0 Å². The molecule has 2 rings (SSSR count). The van der Waals surface area contributed by atoms with Gasteiger partial charge in [0.1, 0.15) is 0 Å². The zero-order chi connectivity index (χ0) is 12.1. The van der Waals surface area contributed by atoms with Crippen molar-refractivity contribution in [2.75, 3.05) is 12.3 Å². The Kier molecular flexibility index (Phi) is 4.86. The summed E-state index contributed by atoms with van der Waals surface area (Å²) in [6.07, 6.45) is 10.2. The molecule has 0 unspecified atom stereocenters. The molecular weight excluding hydrogens is 234 g/mol. The molecule has 17 heavy (non-hydrogen) atoms. The summed E-state index contributed by atoms with van der Waals surface area (Å²) in [4.78, 5) is 0. The molecule has 0 heterocycles. The van der Waals surface area contributed by atoms with E-state index in [9.17, 15) is 8.42 Å². The van der Waals surface area contributed by atoms with Crippen molar-refractivity contribution in [1.82, 2.24) is 5.32 Å². The summed E-state index contributed by atoms with van der Waals surface area (Å²) >= 11 is 0. The summed E-state index contributed by atoms with van der Waals surface area (Å²) in [5.41, 5.74) is 0. The lowest BCUT2D eigenvalue weighted by molar-refractivity contribution is 0.480. The molecule has 0 bridgehead atoms. The van der Waals surface area contributed by atoms with Gasteiger partial charge in [0.05, 0.1) is 11.0 Å². The van der Waals surface area contributed by atoms with Crippen LogP contribution in [0, 0.1) is 0 Å². The van der Waals surface area contributed by atoms with E-state index in [4.69, 9.17) is 0 Å². The van der Waals surface area contributed by atoms with Gasteiger partial charge in [0.15, 0.2) is 9.84 Å². The zero-order valence-electron chi connectivity index (χ0n) is 10.7. The van der Waals surface area contributed by atoms with Gasteiger partial charge in [0.25, 0.3) is 0 Å². The van der Waals surface area contributed by atoms with Crippen molar-refractivity contribution < 1.29 is 8.42 Å². The standard InChI is InChI=1S/C13H25NO2S/c15-17(16,13-8-2-1-3-9-13)11-10-14-12-6-4-5-7-12/h12-14H,1-11H2. The fourth-order valence-corrected chi connectivity index (χ4v) is 4.91. The SMILES string of the molecule is O=S(=O)(CCNC1CCCC1)C1CCCCC1. The minimum absolute atomic E-state index is 0.0402. The van der Waals surface area contributed by atoms with Gasteiger partial charge in [-0.2, -0.15) is 0 Å². The maximum absolute atomic E-state index is 12.1. The lowest BCUT2D eigenvalue weighted by atomic mass is 10.0. The van der Waals surface area contributed by atoms with Crippen LogP contribution in [0.15, 0.2) is 0 Å². The van der Waals surface area contributed by atoms with Crippen LogP contribution in [0.2, 0.25) is 0 Å². The van der Waals surface area contributed by atoms with E-state index in [0.717, 1.165) is 25.7 Å². The van der Waals surface area contributed by atoms with Crippen molar-refractivity contribution in [3.63, 3.8) is 0 Å². The summed E-state index contributed by atoms with van der Waals surface area (Å²) in [6, 6.07) is 0.580. The molecule has 0 spiro atoms. The molecule has 0 aliphatic heterocycles. The van der Waals surface area contributed by atoms with Crippen LogP contribution >= 0.6 is 0 Å². The molecule has 0 amide bonds. The van der Waals surface area contributed by atoms with Crippen LogP contribution in [-0.2, 0) is 9.84 Å². The maximum Gasteiger partial charge on any atom is 0.154 e. The average Bonchev–Trinajstić information content (AvgIpc) is 2.83. The highest BCUT2D eigenvalue weighted by atomic mass is 32.2. The second-order valence-corrected chi connectivity index (χ2v) is 7.96. The van der Waals surface area contributed by atoms with Gasteiger partial charge in [-0.25, -0.2) is 8.42 Å². The molecule has 0 atom stereocenters. The summed E-state index contributed by atoms with van der Waals surface area (Å²) in [6.45, 7) is 0.656. The maximum atomic E-state index is 12.1. The first-order valence-electron chi connectivity index (χ1n) is 7.13. The highest BCUT2D eigenvalue weighted by Crippen LogP contribution is 2.24. The third kappa shape index (κ3) is 3.95. The average molecular weight is 259 g/mol. The molecule has 0 aromatic rings. The Balaban J connectivity index is 1.72. The van der Waals surface area contributed by atoms with Crippen LogP contribution in [0.3, 0.4) is 0 Å². The van der Waals surface area contributed by atoms with E-state index in [-0.39, 0.29) is 5.25 Å². The lowest BCUT2D eigenvalue weighted by Crippen LogP contribution is -2.35. The quantitative estimate of drug-likeness (QED) is 0.824. The predicted molar refractivity (Wildman–Crippen MR) is 70.9 cm³/mol. The van der Waals surface area contributed by atoms with Gasteiger partial charge in [-0.1, -0.05) is 32.1 Å². The van der Waals surface area contributed by atoms with E-state index in [1.54, 1.807) is 0 Å². The fraction of sp³-hybridized carbons (Fsp3) is 1.00. The molecule has 0 saturated heterocycles. The van der Waals surface area contributed by atoms with E-state index in [2.05, 4.69) is 5.32 Å². The zero-order valence-corrected chi connectivity index (χ0v) is 11.5. The Morgan fingerprint density at radius 2 is 1.47 bits per heavy atom. The second kappa shape index (κ2) is 6.19. The Morgan fingerprint density at radius 1 is 0.882 bits per heavy atom. The van der Waals surface area contributed by atoms with E-state index in [0.29, 0.717) is 18.3 Å². The van der Waals surface area contributed by atoms with E-state index < -0.39 is 9.84 Å². The van der Waals surface area contributed by atoms with Gasteiger partial charge in [-0.05, 0) is 25.7 Å². The molecule has 3 nitrogen and oxygen atoms in total. The monoisotopic (exact) mass is 259 g/mol. The minimum Gasteiger partial charge on any atom is -0.313 e. The van der Waals surface area contributed by atoms with Gasteiger partial charge in [-0.3, -0.25) is 0 Å². The first-order valence-corrected chi connectivity index (χ1v) is 8.85. The molecular formula is C13H25NO2S. The number of rotatable bonds is 5. The van der Waals surface area contributed by atoms with E-state index in [1.165, 1.54) is 32.1 Å². The van der Waals surface area contributed by atoms with Crippen molar-refractivity contribution in [2.24, 2.45) is 0 Å². The predicted octanol–water partition coefficient (Wildman–Crippen LogP) is 2.27. The minimum atomic E-state index is -2.84. The number of hydrogen-bond acceptors (Lipinski definition) is 3. The molecule has 2 fully saturated rings. The van der Waals surface area contributed by atoms with Crippen LogP contribution in [-0.4, -0.2) is 32.0 Å². The first kappa shape index (κ1) is 13.3. The number of sulfone groups is 1. The molecule has 0 aromatic heterocycles. The molecule has 100 valence electrons. The van der Waals surface area contributed by atoms with Crippen molar-refractivity contribution in [3.05, 3.63) is 0 Å². The van der Waals surface area contributed by atoms with Gasteiger partial charge < -0.3 is 5.32 Å². The van der Waals surface area contributed by atoms with Crippen LogP contribution < -0.4 is 5.32 Å². The topological polar surface area (TPSA) is 46.2 Å². The lowest BCUT2D eigenvalue weighted by Gasteiger charge is -2.22. The molecule has 2 saturated carbocycles. The smallest absolute Gasteiger partial charge is 0.154 e. The van der Waals surface area contributed by atoms with Crippen LogP contribution in [0.4, 0.5) is 0 Å². The summed E-state index contributed by atoms with van der Waals surface area (Å²) in [7, 11) is -2.84. The normalized spacial score (nSPS) is 24.2.